The monoisotopic (exact) mass is 518 g/mol. The minimum Gasteiger partial charge on any atom is -0.381 e. The maximum Gasteiger partial charge on any atom is 0.433 e. The second-order valence-corrected chi connectivity index (χ2v) is 10.1. The number of halogens is 4. The largest absolute Gasteiger partial charge is 0.433 e. The first-order valence-corrected chi connectivity index (χ1v) is 12.6. The molecule has 0 aliphatic carbocycles. The van der Waals surface area contributed by atoms with Gasteiger partial charge in [0.2, 0.25) is 5.91 Å². The predicted molar refractivity (Wildman–Crippen MR) is 129 cm³/mol. The summed E-state index contributed by atoms with van der Waals surface area (Å²) in [4.78, 5) is 22.8. The molecule has 2 saturated heterocycles. The topological polar surface area (TPSA) is 58.1 Å². The highest BCUT2D eigenvalue weighted by Crippen LogP contribution is 2.33. The van der Waals surface area contributed by atoms with Gasteiger partial charge < -0.3 is 9.47 Å². The number of carbonyl (C=O) groups is 1. The van der Waals surface area contributed by atoms with Crippen LogP contribution in [0.2, 0.25) is 0 Å². The Labute approximate surface area is 210 Å². The van der Waals surface area contributed by atoms with Crippen molar-refractivity contribution in [3.63, 3.8) is 0 Å². The van der Waals surface area contributed by atoms with Crippen LogP contribution in [0.1, 0.15) is 45.7 Å². The van der Waals surface area contributed by atoms with E-state index in [1.807, 2.05) is 0 Å². The van der Waals surface area contributed by atoms with Crippen LogP contribution < -0.4 is 4.90 Å². The highest BCUT2D eigenvalue weighted by molar-refractivity contribution is 5.92. The van der Waals surface area contributed by atoms with Gasteiger partial charge in [0, 0.05) is 64.4 Å². The third-order valence-electron chi connectivity index (χ3n) is 6.82. The van der Waals surface area contributed by atoms with Crippen LogP contribution in [0.4, 0.5) is 23.4 Å². The molecule has 0 bridgehead atoms. The second-order valence-electron chi connectivity index (χ2n) is 10.1. The SMILES string of the molecule is CCC(=O)N(CC1(N2CCN(CCOCC(C)(C)F)CC2)CCOCC1)c1cccc(C(F)(F)F)n1. The molecule has 0 saturated carbocycles. The van der Waals surface area contributed by atoms with Crippen molar-refractivity contribution < 1.29 is 31.8 Å². The average Bonchev–Trinajstić information content (AvgIpc) is 2.85. The Morgan fingerprint density at radius 3 is 2.39 bits per heavy atom. The molecule has 3 heterocycles. The lowest BCUT2D eigenvalue weighted by Crippen LogP contribution is -2.63. The van der Waals surface area contributed by atoms with Crippen molar-refractivity contribution in [1.29, 1.82) is 0 Å². The van der Waals surface area contributed by atoms with Crippen LogP contribution in [0.5, 0.6) is 0 Å². The van der Waals surface area contributed by atoms with Gasteiger partial charge in [-0.25, -0.2) is 9.37 Å². The molecule has 2 aliphatic heterocycles. The minimum absolute atomic E-state index is 0.0223. The van der Waals surface area contributed by atoms with E-state index in [9.17, 15) is 22.4 Å². The van der Waals surface area contributed by atoms with Crippen molar-refractivity contribution >= 4 is 11.7 Å². The highest BCUT2D eigenvalue weighted by Gasteiger charge is 2.43. The summed E-state index contributed by atoms with van der Waals surface area (Å²) in [6, 6.07) is 3.68. The van der Waals surface area contributed by atoms with Crippen LogP contribution >= 0.6 is 0 Å². The first-order chi connectivity index (χ1) is 16.9. The van der Waals surface area contributed by atoms with Gasteiger partial charge in [0.15, 0.2) is 0 Å². The molecule has 2 aliphatic rings. The summed E-state index contributed by atoms with van der Waals surface area (Å²) in [5.41, 5.74) is -2.79. The van der Waals surface area contributed by atoms with Crippen molar-refractivity contribution in [2.24, 2.45) is 0 Å². The van der Waals surface area contributed by atoms with Crippen LogP contribution in [-0.4, -0.2) is 97.6 Å². The predicted octanol–water partition coefficient (Wildman–Crippen LogP) is 3.77. The molecule has 204 valence electrons. The van der Waals surface area contributed by atoms with Crippen LogP contribution in [0.25, 0.3) is 0 Å². The molecule has 1 aromatic heterocycles. The van der Waals surface area contributed by atoms with Gasteiger partial charge >= 0.3 is 6.18 Å². The molecule has 0 spiro atoms. The van der Waals surface area contributed by atoms with Gasteiger partial charge in [-0.1, -0.05) is 13.0 Å². The summed E-state index contributed by atoms with van der Waals surface area (Å²) in [5.74, 6) is -0.242. The van der Waals surface area contributed by atoms with E-state index in [1.54, 1.807) is 6.92 Å². The first-order valence-electron chi connectivity index (χ1n) is 12.6. The molecule has 0 aromatic carbocycles. The molecule has 0 radical (unpaired) electrons. The fraction of sp³-hybridized carbons (Fsp3) is 0.760. The summed E-state index contributed by atoms with van der Waals surface area (Å²) in [6.07, 6.45) is -3.08. The Morgan fingerprint density at radius 1 is 1.14 bits per heavy atom. The summed E-state index contributed by atoms with van der Waals surface area (Å²) in [5, 5.41) is 0. The number of nitrogens with zero attached hydrogens (tertiary/aromatic N) is 4. The molecule has 1 amide bonds. The molecular weight excluding hydrogens is 480 g/mol. The van der Waals surface area contributed by atoms with Crippen molar-refractivity contribution in [1.82, 2.24) is 14.8 Å². The molecule has 3 rings (SSSR count). The fourth-order valence-corrected chi connectivity index (χ4v) is 4.79. The number of rotatable bonds is 10. The zero-order valence-corrected chi connectivity index (χ0v) is 21.4. The van der Waals surface area contributed by atoms with Gasteiger partial charge in [-0.2, -0.15) is 13.2 Å². The minimum atomic E-state index is -4.59. The van der Waals surface area contributed by atoms with E-state index < -0.39 is 23.1 Å². The molecule has 36 heavy (non-hydrogen) atoms. The molecule has 0 atom stereocenters. The number of pyridine rings is 1. The van der Waals surface area contributed by atoms with Crippen molar-refractivity contribution in [2.75, 3.05) is 70.6 Å². The molecule has 1 aromatic rings. The van der Waals surface area contributed by atoms with Crippen LogP contribution in [0, 0.1) is 0 Å². The quantitative estimate of drug-likeness (QED) is 0.347. The van der Waals surface area contributed by atoms with Gasteiger partial charge in [0.25, 0.3) is 0 Å². The Hall–Kier alpha value is -1.82. The van der Waals surface area contributed by atoms with Gasteiger partial charge in [0.05, 0.1) is 13.2 Å². The number of aromatic nitrogens is 1. The number of anilines is 1. The number of amides is 1. The second kappa shape index (κ2) is 12.1. The Morgan fingerprint density at radius 2 is 1.81 bits per heavy atom. The zero-order valence-electron chi connectivity index (χ0n) is 21.4. The number of ether oxygens (including phenoxy) is 2. The van der Waals surface area contributed by atoms with Gasteiger partial charge in [0.1, 0.15) is 17.2 Å². The van der Waals surface area contributed by atoms with E-state index in [0.717, 1.165) is 32.2 Å². The van der Waals surface area contributed by atoms with Crippen molar-refractivity contribution in [3.8, 4) is 0 Å². The average molecular weight is 519 g/mol. The Bertz CT molecular complexity index is 848. The lowest BCUT2D eigenvalue weighted by molar-refractivity contribution is -0.141. The maximum atomic E-state index is 13.6. The number of hydrogen-bond acceptors (Lipinski definition) is 6. The maximum absolute atomic E-state index is 13.6. The van der Waals surface area contributed by atoms with Crippen LogP contribution in [0.15, 0.2) is 18.2 Å². The lowest BCUT2D eigenvalue weighted by Gasteiger charge is -2.51. The van der Waals surface area contributed by atoms with E-state index in [-0.39, 0.29) is 31.3 Å². The summed E-state index contributed by atoms with van der Waals surface area (Å²) in [6.45, 7) is 10.3. The van der Waals surface area contributed by atoms with Gasteiger partial charge in [-0.3, -0.25) is 19.5 Å². The van der Waals surface area contributed by atoms with Crippen molar-refractivity contribution in [2.45, 2.75) is 57.4 Å². The molecule has 0 N–H and O–H groups in total. The first kappa shape index (κ1) is 28.7. The molecule has 7 nitrogen and oxygen atoms in total. The molecule has 2 fully saturated rings. The van der Waals surface area contributed by atoms with E-state index in [0.29, 0.717) is 39.2 Å². The zero-order chi connectivity index (χ0) is 26.4. The summed E-state index contributed by atoms with van der Waals surface area (Å²) >= 11 is 0. The van der Waals surface area contributed by atoms with Crippen LogP contribution in [-0.2, 0) is 20.4 Å². The third-order valence-corrected chi connectivity index (χ3v) is 6.82. The van der Waals surface area contributed by atoms with E-state index in [2.05, 4.69) is 14.8 Å². The van der Waals surface area contributed by atoms with Crippen LogP contribution in [0.3, 0.4) is 0 Å². The standard InChI is InChI=1S/C25H38F4N4O3/c1-4-22(34)33(21-7-5-6-20(30-21)25(27,28)29)18-24(8-15-35-16-9-24)32-12-10-31(11-13-32)14-17-36-19-23(2,3)26/h5-7H,4,8-19H2,1-3H3. The van der Waals surface area contributed by atoms with E-state index >= 15 is 0 Å². The molecule has 0 unspecified atom stereocenters. The van der Waals surface area contributed by atoms with Gasteiger partial charge in [-0.05, 0) is 38.8 Å². The lowest BCUT2D eigenvalue weighted by atomic mass is 9.86. The normalized spacial score (nSPS) is 19.9. The number of hydrogen-bond donors (Lipinski definition) is 0. The van der Waals surface area contributed by atoms with Crippen molar-refractivity contribution in [3.05, 3.63) is 23.9 Å². The number of piperazine rings is 1. The third kappa shape index (κ3) is 7.84. The molecule has 11 heteroatoms. The van der Waals surface area contributed by atoms with E-state index in [1.165, 1.54) is 30.9 Å². The smallest absolute Gasteiger partial charge is 0.381 e. The highest BCUT2D eigenvalue weighted by atomic mass is 19.4. The number of alkyl halides is 4. The molecular formula is C25H38F4N4O3. The van der Waals surface area contributed by atoms with E-state index in [4.69, 9.17) is 9.47 Å². The number of carbonyl (C=O) groups excluding carboxylic acids is 1. The van der Waals surface area contributed by atoms with Gasteiger partial charge in [-0.15, -0.1) is 0 Å². The fourth-order valence-electron chi connectivity index (χ4n) is 4.79. The summed E-state index contributed by atoms with van der Waals surface area (Å²) in [7, 11) is 0. The summed E-state index contributed by atoms with van der Waals surface area (Å²) < 4.78 is 64.6. The Kier molecular flexibility index (Phi) is 9.70. The Balaban J connectivity index is 1.72.